The molecule has 0 aliphatic carbocycles. The Hall–Kier alpha value is -0.250. The second-order valence-electron chi connectivity index (χ2n) is 5.60. The molecule has 4 heteroatoms. The third kappa shape index (κ3) is 6.15. The van der Waals surface area contributed by atoms with Gasteiger partial charge < -0.3 is 5.32 Å². The molecule has 0 aliphatic heterocycles. The lowest BCUT2D eigenvalue weighted by molar-refractivity contribution is 0.566. The zero-order chi connectivity index (χ0) is 14.5. The quantitative estimate of drug-likeness (QED) is 0.789. The second kappa shape index (κ2) is 7.51. The van der Waals surface area contributed by atoms with E-state index >= 15 is 0 Å². The Labute approximate surface area is 125 Å². The number of thioether (sulfide) groups is 1. The summed E-state index contributed by atoms with van der Waals surface area (Å²) in [5.74, 6) is 0.649. The van der Waals surface area contributed by atoms with Gasteiger partial charge in [0.25, 0.3) is 0 Å². The highest BCUT2D eigenvalue weighted by atomic mass is 35.5. The van der Waals surface area contributed by atoms with E-state index in [-0.39, 0.29) is 16.6 Å². The fourth-order valence-corrected chi connectivity index (χ4v) is 2.91. The summed E-state index contributed by atoms with van der Waals surface area (Å²) in [6.45, 7) is 9.57. The minimum Gasteiger partial charge on any atom is -0.309 e. The molecule has 1 unspecified atom stereocenters. The van der Waals surface area contributed by atoms with E-state index in [2.05, 4.69) is 33.0 Å². The largest absolute Gasteiger partial charge is 0.309 e. The Morgan fingerprint density at radius 3 is 2.63 bits per heavy atom. The predicted molar refractivity (Wildman–Crippen MR) is 84.7 cm³/mol. The zero-order valence-corrected chi connectivity index (χ0v) is 13.7. The zero-order valence-electron chi connectivity index (χ0n) is 12.1. The summed E-state index contributed by atoms with van der Waals surface area (Å²) >= 11 is 8.06. The molecule has 1 nitrogen and oxygen atoms in total. The van der Waals surface area contributed by atoms with Crippen LogP contribution < -0.4 is 5.32 Å². The summed E-state index contributed by atoms with van der Waals surface area (Å²) in [7, 11) is 0. The average molecular weight is 304 g/mol. The Bertz CT molecular complexity index is 404. The lowest BCUT2D eigenvalue weighted by Gasteiger charge is -2.25. The van der Waals surface area contributed by atoms with Crippen LogP contribution in [0, 0.1) is 5.82 Å². The van der Waals surface area contributed by atoms with Gasteiger partial charge in [0.05, 0.1) is 0 Å². The molecule has 0 spiro atoms. The number of nitrogens with one attached hydrogen (secondary N) is 1. The number of benzene rings is 1. The summed E-state index contributed by atoms with van der Waals surface area (Å²) in [5, 5.41) is 4.08. The standard InChI is InChI=1S/C15H23ClFNS/c1-5-8-18-14(10-19-15(2,3)4)12-9-11(17)6-7-13(12)16/h6-7,9,14,18H,5,8,10H2,1-4H3. The van der Waals surface area contributed by atoms with Crippen LogP contribution in [0.2, 0.25) is 5.02 Å². The van der Waals surface area contributed by atoms with Crippen molar-refractivity contribution in [1.82, 2.24) is 5.32 Å². The molecule has 0 radical (unpaired) electrons. The van der Waals surface area contributed by atoms with Crippen LogP contribution in [0.5, 0.6) is 0 Å². The number of rotatable bonds is 6. The van der Waals surface area contributed by atoms with Gasteiger partial charge in [-0.25, -0.2) is 4.39 Å². The molecule has 0 fully saturated rings. The van der Waals surface area contributed by atoms with Gasteiger partial charge in [-0.15, -0.1) is 0 Å². The van der Waals surface area contributed by atoms with E-state index in [1.807, 2.05) is 11.8 Å². The Kier molecular flexibility index (Phi) is 6.64. The minimum atomic E-state index is -0.233. The Morgan fingerprint density at radius 1 is 1.37 bits per heavy atom. The van der Waals surface area contributed by atoms with E-state index in [1.54, 1.807) is 12.1 Å². The van der Waals surface area contributed by atoms with Crippen molar-refractivity contribution in [1.29, 1.82) is 0 Å². The van der Waals surface area contributed by atoms with Gasteiger partial charge in [-0.05, 0) is 36.7 Å². The summed E-state index contributed by atoms with van der Waals surface area (Å²) in [5.41, 5.74) is 0.854. The van der Waals surface area contributed by atoms with Crippen molar-refractivity contribution < 1.29 is 4.39 Å². The van der Waals surface area contributed by atoms with Gasteiger partial charge in [0.2, 0.25) is 0 Å². The van der Waals surface area contributed by atoms with Crippen molar-refractivity contribution in [2.45, 2.75) is 44.9 Å². The fraction of sp³-hybridized carbons (Fsp3) is 0.600. The second-order valence-corrected chi connectivity index (χ2v) is 7.85. The number of hydrogen-bond acceptors (Lipinski definition) is 2. The molecule has 0 bridgehead atoms. The highest BCUT2D eigenvalue weighted by Gasteiger charge is 2.19. The van der Waals surface area contributed by atoms with Crippen molar-refractivity contribution in [3.05, 3.63) is 34.6 Å². The molecule has 0 heterocycles. The molecule has 0 aliphatic rings. The summed E-state index contributed by atoms with van der Waals surface area (Å²) in [4.78, 5) is 0. The van der Waals surface area contributed by atoms with E-state index in [0.717, 1.165) is 24.3 Å². The van der Waals surface area contributed by atoms with E-state index in [9.17, 15) is 4.39 Å². The highest BCUT2D eigenvalue weighted by molar-refractivity contribution is 8.00. The van der Waals surface area contributed by atoms with E-state index < -0.39 is 0 Å². The first-order valence-corrected chi connectivity index (χ1v) is 8.02. The summed E-state index contributed by atoms with van der Waals surface area (Å²) in [6, 6.07) is 4.67. The van der Waals surface area contributed by atoms with Crippen LogP contribution >= 0.6 is 23.4 Å². The van der Waals surface area contributed by atoms with Crippen LogP contribution in [0.1, 0.15) is 45.7 Å². The van der Waals surface area contributed by atoms with Crippen LogP contribution in [0.4, 0.5) is 4.39 Å². The SMILES string of the molecule is CCCNC(CSC(C)(C)C)c1cc(F)ccc1Cl. The maximum atomic E-state index is 13.4. The van der Waals surface area contributed by atoms with Gasteiger partial charge in [0.15, 0.2) is 0 Å². The van der Waals surface area contributed by atoms with Crippen LogP contribution in [-0.2, 0) is 0 Å². The topological polar surface area (TPSA) is 12.0 Å². The van der Waals surface area contributed by atoms with Crippen molar-refractivity contribution in [2.24, 2.45) is 0 Å². The molecule has 1 N–H and O–H groups in total. The van der Waals surface area contributed by atoms with E-state index in [4.69, 9.17) is 11.6 Å². The van der Waals surface area contributed by atoms with Crippen LogP contribution in [-0.4, -0.2) is 17.0 Å². The van der Waals surface area contributed by atoms with Crippen LogP contribution in [0.25, 0.3) is 0 Å². The molecule has 0 amide bonds. The Balaban J connectivity index is 2.85. The van der Waals surface area contributed by atoms with Crippen LogP contribution in [0.15, 0.2) is 18.2 Å². The fourth-order valence-electron chi connectivity index (χ4n) is 1.69. The molecular formula is C15H23ClFNS. The lowest BCUT2D eigenvalue weighted by Crippen LogP contribution is -2.26. The van der Waals surface area contributed by atoms with Gasteiger partial charge in [-0.2, -0.15) is 11.8 Å². The third-order valence-corrected chi connectivity index (χ3v) is 4.37. The van der Waals surface area contributed by atoms with Gasteiger partial charge >= 0.3 is 0 Å². The first kappa shape index (κ1) is 16.8. The Morgan fingerprint density at radius 2 is 2.05 bits per heavy atom. The third-order valence-electron chi connectivity index (χ3n) is 2.66. The van der Waals surface area contributed by atoms with Gasteiger partial charge in [0.1, 0.15) is 5.82 Å². The maximum Gasteiger partial charge on any atom is 0.123 e. The molecule has 0 saturated carbocycles. The molecule has 1 rings (SSSR count). The molecular weight excluding hydrogens is 281 g/mol. The van der Waals surface area contributed by atoms with E-state index in [1.165, 1.54) is 6.07 Å². The van der Waals surface area contributed by atoms with E-state index in [0.29, 0.717) is 5.02 Å². The molecule has 1 atom stereocenters. The van der Waals surface area contributed by atoms with Crippen molar-refractivity contribution in [2.75, 3.05) is 12.3 Å². The highest BCUT2D eigenvalue weighted by Crippen LogP contribution is 2.31. The molecule has 0 aromatic heterocycles. The number of halogens is 2. The predicted octanol–water partition coefficient (Wildman–Crippen LogP) is 5.05. The minimum absolute atomic E-state index is 0.0902. The van der Waals surface area contributed by atoms with Gasteiger partial charge in [0, 0.05) is 21.6 Å². The van der Waals surface area contributed by atoms with Crippen molar-refractivity contribution >= 4 is 23.4 Å². The molecule has 0 saturated heterocycles. The molecule has 19 heavy (non-hydrogen) atoms. The number of hydrogen-bond donors (Lipinski definition) is 1. The monoisotopic (exact) mass is 303 g/mol. The maximum absolute atomic E-state index is 13.4. The van der Waals surface area contributed by atoms with Crippen molar-refractivity contribution in [3.8, 4) is 0 Å². The molecule has 1 aromatic rings. The average Bonchev–Trinajstić information content (AvgIpc) is 2.32. The summed E-state index contributed by atoms with van der Waals surface area (Å²) in [6.07, 6.45) is 1.05. The van der Waals surface area contributed by atoms with Crippen molar-refractivity contribution in [3.63, 3.8) is 0 Å². The summed E-state index contributed by atoms with van der Waals surface area (Å²) < 4.78 is 13.6. The smallest absolute Gasteiger partial charge is 0.123 e. The van der Waals surface area contributed by atoms with Gasteiger partial charge in [-0.3, -0.25) is 0 Å². The molecule has 108 valence electrons. The first-order chi connectivity index (χ1) is 8.83. The normalized spacial score (nSPS) is 13.6. The van der Waals surface area contributed by atoms with Gasteiger partial charge in [-0.1, -0.05) is 39.3 Å². The van der Waals surface area contributed by atoms with Crippen LogP contribution in [0.3, 0.4) is 0 Å². The lowest BCUT2D eigenvalue weighted by atomic mass is 10.1. The first-order valence-electron chi connectivity index (χ1n) is 6.66. The molecule has 1 aromatic carbocycles.